The highest BCUT2D eigenvalue weighted by Gasteiger charge is 2.16. The first kappa shape index (κ1) is 25.5. The van der Waals surface area contributed by atoms with E-state index in [2.05, 4.69) is 20.5 Å². The lowest BCUT2D eigenvalue weighted by atomic mass is 10.1. The molecule has 0 aromatic heterocycles. The van der Waals surface area contributed by atoms with Crippen LogP contribution in [0.1, 0.15) is 27.0 Å². The van der Waals surface area contributed by atoms with Gasteiger partial charge in [0.2, 0.25) is 0 Å². The zero-order valence-electron chi connectivity index (χ0n) is 19.3. The minimum atomic E-state index is -4.54. The molecule has 0 aliphatic carbocycles. The van der Waals surface area contributed by atoms with Gasteiger partial charge in [-0.1, -0.05) is 0 Å². The third-order valence-electron chi connectivity index (χ3n) is 5.09. The van der Waals surface area contributed by atoms with Crippen LogP contribution in [0.25, 0.3) is 0 Å². The Balaban J connectivity index is 1.96. The molecule has 0 amide bonds. The summed E-state index contributed by atoms with van der Waals surface area (Å²) >= 11 is 0. The summed E-state index contributed by atoms with van der Waals surface area (Å²) in [6.45, 7) is 5.41. The summed E-state index contributed by atoms with van der Waals surface area (Å²) in [6, 6.07) is 9.83. The highest BCUT2D eigenvalue weighted by molar-refractivity contribution is 7.85. The van der Waals surface area contributed by atoms with Gasteiger partial charge in [-0.3, -0.25) is 4.55 Å². The van der Waals surface area contributed by atoms with E-state index in [0.717, 1.165) is 29.3 Å². The Labute approximate surface area is 201 Å². The normalized spacial score (nSPS) is 11.9. The number of aryl methyl sites for hydroxylation is 3. The molecule has 0 unspecified atom stereocenters. The van der Waals surface area contributed by atoms with Crippen LogP contribution >= 0.6 is 0 Å². The molecule has 11 nitrogen and oxygen atoms in total. The molecule has 0 aliphatic rings. The molecule has 0 saturated carbocycles. The maximum atomic E-state index is 11.5. The van der Waals surface area contributed by atoms with E-state index in [9.17, 15) is 22.9 Å². The van der Waals surface area contributed by atoms with Crippen molar-refractivity contribution in [1.82, 2.24) is 0 Å². The van der Waals surface area contributed by atoms with Gasteiger partial charge in [0.05, 0.1) is 40.3 Å². The van der Waals surface area contributed by atoms with Gasteiger partial charge in [-0.15, -0.1) is 5.11 Å². The summed E-state index contributed by atoms with van der Waals surface area (Å²) in [5.41, 5.74) is 9.72. The summed E-state index contributed by atoms with van der Waals surface area (Å²) in [5.74, 6) is -0.828. The molecular weight excluding hydrogens is 474 g/mol. The van der Waals surface area contributed by atoms with Crippen LogP contribution in [0, 0.1) is 20.8 Å². The largest absolute Gasteiger partial charge is 0.495 e. The number of benzene rings is 3. The van der Waals surface area contributed by atoms with Crippen LogP contribution in [0.4, 0.5) is 28.4 Å². The lowest BCUT2D eigenvalue weighted by Crippen LogP contribution is -2.01. The molecule has 0 heterocycles. The average molecular weight is 498 g/mol. The van der Waals surface area contributed by atoms with Gasteiger partial charge in [-0.25, -0.2) is 4.79 Å². The molecule has 0 radical (unpaired) electrons. The Morgan fingerprint density at radius 2 is 1.31 bits per heavy atom. The lowest BCUT2D eigenvalue weighted by Gasteiger charge is -2.08. The third-order valence-corrected chi connectivity index (χ3v) is 5.94. The van der Waals surface area contributed by atoms with E-state index in [1.54, 1.807) is 38.1 Å². The number of nitrogens with zero attached hydrogens (tertiary/aromatic N) is 4. The van der Waals surface area contributed by atoms with Crippen molar-refractivity contribution < 1.29 is 27.6 Å². The molecule has 12 heteroatoms. The Morgan fingerprint density at radius 1 is 0.829 bits per heavy atom. The summed E-state index contributed by atoms with van der Waals surface area (Å²) in [6.07, 6.45) is 0. The van der Waals surface area contributed by atoms with E-state index in [1.807, 2.05) is 6.92 Å². The van der Waals surface area contributed by atoms with Gasteiger partial charge in [0.1, 0.15) is 11.4 Å². The van der Waals surface area contributed by atoms with Crippen LogP contribution in [-0.4, -0.2) is 31.2 Å². The predicted octanol–water partition coefficient (Wildman–Crippen LogP) is 5.98. The lowest BCUT2D eigenvalue weighted by molar-refractivity contribution is 0.0697. The summed E-state index contributed by atoms with van der Waals surface area (Å²) in [7, 11) is -3.03. The number of carboxylic acids is 1. The Bertz CT molecular complexity index is 1480. The van der Waals surface area contributed by atoms with E-state index in [1.165, 1.54) is 7.11 Å². The Kier molecular flexibility index (Phi) is 7.27. The molecule has 0 spiro atoms. The number of ether oxygens (including phenoxy) is 1. The number of hydrogen-bond acceptors (Lipinski definition) is 9. The smallest absolute Gasteiger partial charge is 0.337 e. The van der Waals surface area contributed by atoms with Gasteiger partial charge in [-0.05, 0) is 73.9 Å². The summed E-state index contributed by atoms with van der Waals surface area (Å²) in [5, 5.41) is 26.0. The van der Waals surface area contributed by atoms with Crippen molar-refractivity contribution in [1.29, 1.82) is 0 Å². The molecule has 182 valence electrons. The number of nitrogens with two attached hydrogens (primary N) is 1. The third kappa shape index (κ3) is 5.86. The number of azo groups is 2. The Morgan fingerprint density at radius 3 is 1.80 bits per heavy atom. The summed E-state index contributed by atoms with van der Waals surface area (Å²) < 4.78 is 37.3. The number of carbonyl (C=O) groups is 1. The van der Waals surface area contributed by atoms with Gasteiger partial charge >= 0.3 is 5.97 Å². The van der Waals surface area contributed by atoms with E-state index in [0.29, 0.717) is 34.1 Å². The molecule has 0 aliphatic heterocycles. The first-order valence-electron chi connectivity index (χ1n) is 10.1. The number of anilines is 1. The fraction of sp³-hybridized carbons (Fsp3) is 0.174. The van der Waals surface area contributed by atoms with E-state index >= 15 is 0 Å². The van der Waals surface area contributed by atoms with Crippen molar-refractivity contribution >= 4 is 44.5 Å². The zero-order chi connectivity index (χ0) is 25.9. The minimum Gasteiger partial charge on any atom is -0.495 e. The molecule has 3 aromatic rings. The SMILES string of the molecule is COc1cc(N=Nc2cc(C)c(N=Nc3cc(S(=O)(=O)O)ccc3C(=O)O)cc2C)c(C)cc1N. The molecular formula is C23H23N5O6S. The molecule has 0 saturated heterocycles. The standard InChI is InChI=1S/C23H23N5O6S/c1-12-7-17(24)22(34-4)11-20(12)27-25-18-8-14(3)19(9-13(18)2)26-28-21-10-15(35(31,32)33)5-6-16(21)23(29)30/h5-11H,24H2,1-4H3,(H,29,30)(H,31,32,33). The summed E-state index contributed by atoms with van der Waals surface area (Å²) in [4.78, 5) is 11.0. The molecule has 35 heavy (non-hydrogen) atoms. The van der Waals surface area contributed by atoms with Crippen molar-refractivity contribution in [2.45, 2.75) is 25.7 Å². The number of aromatic carboxylic acids is 1. The topological polar surface area (TPSA) is 176 Å². The molecule has 0 fully saturated rings. The maximum absolute atomic E-state index is 11.5. The van der Waals surface area contributed by atoms with Gasteiger partial charge in [-0.2, -0.15) is 23.8 Å². The van der Waals surface area contributed by atoms with Crippen molar-refractivity contribution in [2.24, 2.45) is 20.5 Å². The second kappa shape index (κ2) is 9.99. The highest BCUT2D eigenvalue weighted by atomic mass is 32.2. The van der Waals surface area contributed by atoms with Gasteiger partial charge in [0.25, 0.3) is 10.1 Å². The van der Waals surface area contributed by atoms with Gasteiger partial charge < -0.3 is 15.6 Å². The number of hydrogen-bond donors (Lipinski definition) is 3. The average Bonchev–Trinajstić information content (AvgIpc) is 2.78. The van der Waals surface area contributed by atoms with Crippen LogP contribution in [0.15, 0.2) is 67.8 Å². The van der Waals surface area contributed by atoms with E-state index < -0.39 is 21.0 Å². The fourth-order valence-electron chi connectivity index (χ4n) is 3.14. The maximum Gasteiger partial charge on any atom is 0.337 e. The van der Waals surface area contributed by atoms with Crippen LogP contribution in [0.3, 0.4) is 0 Å². The van der Waals surface area contributed by atoms with E-state index in [4.69, 9.17) is 10.5 Å². The number of methoxy groups -OCH3 is 1. The minimum absolute atomic E-state index is 0.221. The number of nitrogen functional groups attached to an aromatic ring is 1. The quantitative estimate of drug-likeness (QED) is 0.204. The first-order chi connectivity index (χ1) is 16.4. The monoisotopic (exact) mass is 497 g/mol. The van der Waals surface area contributed by atoms with Gasteiger partial charge in [0.15, 0.2) is 0 Å². The van der Waals surface area contributed by atoms with Crippen LogP contribution in [0.5, 0.6) is 5.75 Å². The second-order valence-electron chi connectivity index (χ2n) is 7.67. The number of carboxylic acid groups (broad SMARTS) is 1. The van der Waals surface area contributed by atoms with Crippen LogP contribution in [0.2, 0.25) is 0 Å². The van der Waals surface area contributed by atoms with Crippen molar-refractivity contribution in [3.63, 3.8) is 0 Å². The van der Waals surface area contributed by atoms with E-state index in [-0.39, 0.29) is 11.3 Å². The predicted molar refractivity (Wildman–Crippen MR) is 130 cm³/mol. The van der Waals surface area contributed by atoms with Crippen molar-refractivity contribution in [3.05, 3.63) is 64.7 Å². The fourth-order valence-corrected chi connectivity index (χ4v) is 3.64. The van der Waals surface area contributed by atoms with Crippen LogP contribution in [-0.2, 0) is 10.1 Å². The zero-order valence-corrected chi connectivity index (χ0v) is 20.2. The van der Waals surface area contributed by atoms with Crippen LogP contribution < -0.4 is 10.5 Å². The van der Waals surface area contributed by atoms with Gasteiger partial charge in [0, 0.05) is 6.07 Å². The highest BCUT2D eigenvalue weighted by Crippen LogP contribution is 2.34. The molecule has 0 bridgehead atoms. The molecule has 3 aromatic carbocycles. The second-order valence-corrected chi connectivity index (χ2v) is 9.09. The Hall–Kier alpha value is -4.16. The van der Waals surface area contributed by atoms with Crippen molar-refractivity contribution in [2.75, 3.05) is 12.8 Å². The van der Waals surface area contributed by atoms with Crippen molar-refractivity contribution in [3.8, 4) is 5.75 Å². The number of rotatable bonds is 7. The molecule has 3 rings (SSSR count). The first-order valence-corrected chi connectivity index (χ1v) is 11.6. The molecule has 4 N–H and O–H groups in total. The molecule has 0 atom stereocenters.